The van der Waals surface area contributed by atoms with Gasteiger partial charge in [-0.2, -0.15) is 5.10 Å². The fourth-order valence-electron chi connectivity index (χ4n) is 1.34. The lowest BCUT2D eigenvalue weighted by atomic mass is 10.1. The molecule has 0 atom stereocenters. The number of aromatic amines is 1. The van der Waals surface area contributed by atoms with Crippen molar-refractivity contribution >= 4 is 10.9 Å². The van der Waals surface area contributed by atoms with E-state index in [0.717, 1.165) is 22.0 Å². The molecule has 0 saturated heterocycles. The molecule has 0 radical (unpaired) electrons. The number of nitrogens with zero attached hydrogens (tertiary/aromatic N) is 1. The number of aromatic nitrogens is 2. The number of nitrogens with one attached hydrogen (secondary N) is 1. The molecule has 1 aromatic heterocycles. The third-order valence-corrected chi connectivity index (χ3v) is 2.28. The fraction of sp³-hybridized carbons (Fsp3) is 0.222. The molecule has 0 aliphatic rings. The van der Waals surface area contributed by atoms with Crippen molar-refractivity contribution in [1.29, 1.82) is 0 Å². The summed E-state index contributed by atoms with van der Waals surface area (Å²) in [5.74, 6) is 0.335. The van der Waals surface area contributed by atoms with E-state index in [-0.39, 0.29) is 0 Å². The van der Waals surface area contributed by atoms with Crippen LogP contribution in [0.5, 0.6) is 5.75 Å². The van der Waals surface area contributed by atoms with Gasteiger partial charge in [-0.25, -0.2) is 0 Å². The van der Waals surface area contributed by atoms with E-state index in [1.807, 2.05) is 13.8 Å². The van der Waals surface area contributed by atoms with Crippen molar-refractivity contribution in [2.45, 2.75) is 13.8 Å². The third-order valence-electron chi connectivity index (χ3n) is 2.28. The van der Waals surface area contributed by atoms with E-state index in [0.29, 0.717) is 5.75 Å². The van der Waals surface area contributed by atoms with Crippen LogP contribution in [0.1, 0.15) is 11.1 Å². The van der Waals surface area contributed by atoms with Crippen molar-refractivity contribution in [2.24, 2.45) is 0 Å². The molecule has 0 bridgehead atoms. The van der Waals surface area contributed by atoms with Gasteiger partial charge in [0.25, 0.3) is 0 Å². The molecule has 0 aliphatic carbocycles. The van der Waals surface area contributed by atoms with Crippen LogP contribution in [-0.2, 0) is 0 Å². The predicted molar refractivity (Wildman–Crippen MR) is 47.2 cm³/mol. The Kier molecular flexibility index (Phi) is 1.33. The second kappa shape index (κ2) is 2.24. The number of fused-ring (bicyclic) bond motifs is 1. The summed E-state index contributed by atoms with van der Waals surface area (Å²) in [5.41, 5.74) is 2.97. The third kappa shape index (κ3) is 0.794. The number of benzene rings is 1. The van der Waals surface area contributed by atoms with Gasteiger partial charge in [0.15, 0.2) is 0 Å². The SMILES string of the molecule is Cc1c(O)cc2cn[nH]c2c1C. The van der Waals surface area contributed by atoms with Crippen LogP contribution in [0.25, 0.3) is 10.9 Å². The first-order valence-corrected chi connectivity index (χ1v) is 3.82. The smallest absolute Gasteiger partial charge is 0.119 e. The number of hydrogen-bond acceptors (Lipinski definition) is 2. The summed E-state index contributed by atoms with van der Waals surface area (Å²) in [5, 5.41) is 17.2. The highest BCUT2D eigenvalue weighted by atomic mass is 16.3. The number of aryl methyl sites for hydroxylation is 1. The molecule has 2 aromatic rings. The van der Waals surface area contributed by atoms with Crippen LogP contribution in [0, 0.1) is 13.8 Å². The summed E-state index contributed by atoms with van der Waals surface area (Å²) in [6.45, 7) is 3.86. The van der Waals surface area contributed by atoms with Gasteiger partial charge in [-0.3, -0.25) is 5.10 Å². The number of phenolic OH excluding ortho intramolecular Hbond substituents is 1. The molecular formula is C9H10N2O. The largest absolute Gasteiger partial charge is 0.508 e. The van der Waals surface area contributed by atoms with Crippen molar-refractivity contribution < 1.29 is 5.11 Å². The van der Waals surface area contributed by atoms with E-state index in [2.05, 4.69) is 10.2 Å². The van der Waals surface area contributed by atoms with Gasteiger partial charge in [0.2, 0.25) is 0 Å². The monoisotopic (exact) mass is 162 g/mol. The first kappa shape index (κ1) is 7.16. The molecule has 2 N–H and O–H groups in total. The molecule has 3 nitrogen and oxygen atoms in total. The minimum atomic E-state index is 0.335. The van der Waals surface area contributed by atoms with Gasteiger partial charge in [-0.05, 0) is 31.0 Å². The van der Waals surface area contributed by atoms with E-state index in [1.54, 1.807) is 12.3 Å². The molecule has 1 heterocycles. The molecule has 12 heavy (non-hydrogen) atoms. The number of aromatic hydroxyl groups is 1. The standard InChI is InChI=1S/C9H10N2O/c1-5-6(2)9-7(3-8(5)12)4-10-11-9/h3-4,12H,1-2H3,(H,10,11). The van der Waals surface area contributed by atoms with Crippen LogP contribution >= 0.6 is 0 Å². The van der Waals surface area contributed by atoms with Crippen LogP contribution in [0.3, 0.4) is 0 Å². The van der Waals surface area contributed by atoms with Crippen molar-refractivity contribution in [3.05, 3.63) is 23.4 Å². The van der Waals surface area contributed by atoms with Gasteiger partial charge in [0, 0.05) is 5.39 Å². The molecule has 2 rings (SSSR count). The number of rotatable bonds is 0. The van der Waals surface area contributed by atoms with Crippen molar-refractivity contribution in [1.82, 2.24) is 10.2 Å². The molecule has 0 amide bonds. The quantitative estimate of drug-likeness (QED) is 0.621. The van der Waals surface area contributed by atoms with Crippen molar-refractivity contribution in [2.75, 3.05) is 0 Å². The maximum Gasteiger partial charge on any atom is 0.119 e. The Bertz CT molecular complexity index is 431. The van der Waals surface area contributed by atoms with Crippen molar-refractivity contribution in [3.63, 3.8) is 0 Å². The highest BCUT2D eigenvalue weighted by Crippen LogP contribution is 2.26. The Morgan fingerprint density at radius 2 is 2.08 bits per heavy atom. The number of H-pyrrole nitrogens is 1. The van der Waals surface area contributed by atoms with Crippen LogP contribution in [0.15, 0.2) is 12.3 Å². The minimum Gasteiger partial charge on any atom is -0.508 e. The maximum atomic E-state index is 9.47. The van der Waals surface area contributed by atoms with Gasteiger partial charge >= 0.3 is 0 Å². The molecule has 1 aromatic carbocycles. The zero-order valence-corrected chi connectivity index (χ0v) is 7.05. The zero-order chi connectivity index (χ0) is 8.72. The van der Waals surface area contributed by atoms with E-state index in [9.17, 15) is 5.11 Å². The summed E-state index contributed by atoms with van der Waals surface area (Å²) in [6.07, 6.45) is 1.71. The molecule has 3 heteroatoms. The van der Waals surface area contributed by atoms with Gasteiger partial charge in [0.05, 0.1) is 11.7 Å². The fourth-order valence-corrected chi connectivity index (χ4v) is 1.34. The lowest BCUT2D eigenvalue weighted by Gasteiger charge is -2.03. The average molecular weight is 162 g/mol. The van der Waals surface area contributed by atoms with Crippen LogP contribution in [-0.4, -0.2) is 15.3 Å². The molecule has 0 saturated carbocycles. The average Bonchev–Trinajstić information content (AvgIpc) is 2.48. The molecule has 62 valence electrons. The second-order valence-corrected chi connectivity index (χ2v) is 2.98. The van der Waals surface area contributed by atoms with E-state index < -0.39 is 0 Å². The van der Waals surface area contributed by atoms with Crippen LogP contribution < -0.4 is 0 Å². The normalized spacial score (nSPS) is 10.8. The Morgan fingerprint density at radius 1 is 1.33 bits per heavy atom. The summed E-state index contributed by atoms with van der Waals surface area (Å²) in [6, 6.07) is 1.72. The predicted octanol–water partition coefficient (Wildman–Crippen LogP) is 1.89. The Morgan fingerprint density at radius 3 is 2.83 bits per heavy atom. The van der Waals surface area contributed by atoms with Crippen LogP contribution in [0.4, 0.5) is 0 Å². The summed E-state index contributed by atoms with van der Waals surface area (Å²) in [4.78, 5) is 0. The first-order chi connectivity index (χ1) is 5.70. The molecule has 0 spiro atoms. The molecular weight excluding hydrogens is 152 g/mol. The Labute approximate surface area is 70.0 Å². The Hall–Kier alpha value is -1.51. The van der Waals surface area contributed by atoms with Gasteiger partial charge in [0.1, 0.15) is 5.75 Å². The number of hydrogen-bond donors (Lipinski definition) is 2. The Balaban J connectivity index is 2.94. The number of phenols is 1. The maximum absolute atomic E-state index is 9.47. The van der Waals surface area contributed by atoms with E-state index >= 15 is 0 Å². The second-order valence-electron chi connectivity index (χ2n) is 2.98. The molecule has 0 aliphatic heterocycles. The summed E-state index contributed by atoms with van der Waals surface area (Å²) in [7, 11) is 0. The summed E-state index contributed by atoms with van der Waals surface area (Å²) >= 11 is 0. The molecule has 0 fully saturated rings. The van der Waals surface area contributed by atoms with Crippen molar-refractivity contribution in [3.8, 4) is 5.75 Å². The summed E-state index contributed by atoms with van der Waals surface area (Å²) < 4.78 is 0. The van der Waals surface area contributed by atoms with Gasteiger partial charge < -0.3 is 5.11 Å². The van der Waals surface area contributed by atoms with E-state index in [1.165, 1.54) is 0 Å². The topological polar surface area (TPSA) is 48.9 Å². The van der Waals surface area contributed by atoms with Gasteiger partial charge in [-0.15, -0.1) is 0 Å². The van der Waals surface area contributed by atoms with Gasteiger partial charge in [-0.1, -0.05) is 0 Å². The lowest BCUT2D eigenvalue weighted by Crippen LogP contribution is -1.83. The van der Waals surface area contributed by atoms with E-state index in [4.69, 9.17) is 0 Å². The highest BCUT2D eigenvalue weighted by molar-refractivity contribution is 5.84. The minimum absolute atomic E-state index is 0.335. The first-order valence-electron chi connectivity index (χ1n) is 3.82. The highest BCUT2D eigenvalue weighted by Gasteiger charge is 2.06. The lowest BCUT2D eigenvalue weighted by molar-refractivity contribution is 0.471. The zero-order valence-electron chi connectivity index (χ0n) is 7.05. The molecule has 0 unspecified atom stereocenters. The van der Waals surface area contributed by atoms with Crippen LogP contribution in [0.2, 0.25) is 0 Å².